The van der Waals surface area contributed by atoms with E-state index in [0.717, 1.165) is 16.1 Å². The second-order valence-corrected chi connectivity index (χ2v) is 10.1. The number of anilines is 1. The van der Waals surface area contributed by atoms with Crippen LogP contribution in [0.15, 0.2) is 66.7 Å². The summed E-state index contributed by atoms with van der Waals surface area (Å²) in [5, 5.41) is 0. The van der Waals surface area contributed by atoms with Crippen molar-refractivity contribution < 1.29 is 32.2 Å². The largest absolute Gasteiger partial charge is 0.493 e. The average Bonchev–Trinajstić information content (AvgIpc) is 2.88. The number of hydrogen-bond acceptors (Lipinski definition) is 7. The van der Waals surface area contributed by atoms with Crippen LogP contribution in [0.4, 0.5) is 5.69 Å². The summed E-state index contributed by atoms with van der Waals surface area (Å²) in [6, 6.07) is 18.8. The maximum absolute atomic E-state index is 13.3. The van der Waals surface area contributed by atoms with E-state index in [0.29, 0.717) is 28.5 Å². The molecule has 3 aromatic carbocycles. The van der Waals surface area contributed by atoms with Gasteiger partial charge in [-0.2, -0.15) is 0 Å². The highest BCUT2D eigenvalue weighted by Gasteiger charge is 2.28. The molecular formula is C26H26N2O7S. The Morgan fingerprint density at radius 3 is 2.39 bits per heavy atom. The summed E-state index contributed by atoms with van der Waals surface area (Å²) in [7, 11) is -0.981. The Kier molecular flexibility index (Phi) is 7.16. The Balaban J connectivity index is 1.57. The summed E-state index contributed by atoms with van der Waals surface area (Å²) in [6.45, 7) is 0.00790. The SMILES string of the molecule is COc1cccc(CN(C(=O)c2ccc(CN3C(=O)COc4ccccc43)cc2)S(C)(=O)=O)c1OC. The number of ether oxygens (including phenoxy) is 3. The van der Waals surface area contributed by atoms with E-state index in [9.17, 15) is 18.0 Å². The van der Waals surface area contributed by atoms with E-state index < -0.39 is 15.9 Å². The third kappa shape index (κ3) is 5.13. The van der Waals surface area contributed by atoms with Gasteiger partial charge in [0, 0.05) is 11.1 Å². The second kappa shape index (κ2) is 10.3. The number of carbonyl (C=O) groups excluding carboxylic acids is 2. The van der Waals surface area contributed by atoms with Crippen LogP contribution in [-0.4, -0.2) is 51.6 Å². The van der Waals surface area contributed by atoms with Crippen LogP contribution in [0.1, 0.15) is 21.5 Å². The number of hydrogen-bond donors (Lipinski definition) is 0. The van der Waals surface area contributed by atoms with Crippen molar-refractivity contribution in [2.75, 3.05) is 32.0 Å². The van der Waals surface area contributed by atoms with Crippen molar-refractivity contribution in [2.45, 2.75) is 13.1 Å². The molecule has 0 unspecified atom stereocenters. The Morgan fingerprint density at radius 2 is 1.72 bits per heavy atom. The van der Waals surface area contributed by atoms with Crippen LogP contribution in [0.25, 0.3) is 0 Å². The standard InChI is InChI=1S/C26H26N2O7S/c1-33-23-10-6-7-20(25(23)34-2)16-28(36(3,31)32)26(30)19-13-11-18(12-14-19)15-27-21-8-4-5-9-22(21)35-17-24(27)29/h4-14H,15-17H2,1-3H3. The fourth-order valence-corrected chi connectivity index (χ4v) is 4.76. The van der Waals surface area contributed by atoms with Crippen molar-refractivity contribution in [3.05, 3.63) is 83.4 Å². The van der Waals surface area contributed by atoms with E-state index in [1.807, 2.05) is 12.1 Å². The van der Waals surface area contributed by atoms with Crippen LogP contribution in [0.2, 0.25) is 0 Å². The first-order chi connectivity index (χ1) is 17.2. The van der Waals surface area contributed by atoms with Crippen LogP contribution in [0.3, 0.4) is 0 Å². The maximum Gasteiger partial charge on any atom is 0.267 e. The number of carbonyl (C=O) groups is 2. The van der Waals surface area contributed by atoms with Gasteiger partial charge in [0.1, 0.15) is 5.75 Å². The minimum atomic E-state index is -3.91. The summed E-state index contributed by atoms with van der Waals surface area (Å²) >= 11 is 0. The van der Waals surface area contributed by atoms with E-state index in [2.05, 4.69) is 0 Å². The Morgan fingerprint density at radius 1 is 1.00 bits per heavy atom. The first kappa shape index (κ1) is 25.1. The van der Waals surface area contributed by atoms with E-state index in [1.54, 1.807) is 59.5 Å². The molecule has 0 saturated carbocycles. The number of sulfonamides is 1. The van der Waals surface area contributed by atoms with Gasteiger partial charge in [-0.3, -0.25) is 9.59 Å². The molecule has 3 aromatic rings. The molecule has 9 nitrogen and oxygen atoms in total. The predicted octanol–water partition coefficient (Wildman–Crippen LogP) is 3.23. The molecule has 4 rings (SSSR count). The number of rotatable bonds is 8. The lowest BCUT2D eigenvalue weighted by atomic mass is 10.1. The third-order valence-corrected chi connectivity index (χ3v) is 6.87. The van der Waals surface area contributed by atoms with Gasteiger partial charge in [0.2, 0.25) is 10.0 Å². The molecule has 0 aliphatic carbocycles. The highest BCUT2D eigenvalue weighted by Crippen LogP contribution is 2.33. The number of benzene rings is 3. The summed E-state index contributed by atoms with van der Waals surface area (Å²) in [6.07, 6.45) is 0.980. The molecule has 0 radical (unpaired) electrons. The fraction of sp³-hybridized carbons (Fsp3) is 0.231. The van der Waals surface area contributed by atoms with Gasteiger partial charge in [-0.05, 0) is 35.9 Å². The topological polar surface area (TPSA) is 102 Å². The Labute approximate surface area is 209 Å². The average molecular weight is 511 g/mol. The molecule has 0 fully saturated rings. The van der Waals surface area contributed by atoms with Crippen LogP contribution in [0, 0.1) is 0 Å². The van der Waals surface area contributed by atoms with E-state index in [-0.39, 0.29) is 31.2 Å². The van der Waals surface area contributed by atoms with Crippen molar-refractivity contribution in [3.63, 3.8) is 0 Å². The van der Waals surface area contributed by atoms with Crippen LogP contribution < -0.4 is 19.1 Å². The van der Waals surface area contributed by atoms with Crippen molar-refractivity contribution in [2.24, 2.45) is 0 Å². The van der Waals surface area contributed by atoms with E-state index >= 15 is 0 Å². The van der Waals surface area contributed by atoms with E-state index in [4.69, 9.17) is 14.2 Å². The maximum atomic E-state index is 13.3. The number of para-hydroxylation sites is 3. The molecule has 0 saturated heterocycles. The Hall–Kier alpha value is -4.05. The molecule has 0 bridgehead atoms. The first-order valence-electron chi connectivity index (χ1n) is 11.1. The third-order valence-electron chi connectivity index (χ3n) is 5.78. The molecule has 1 aliphatic rings. The lowest BCUT2D eigenvalue weighted by molar-refractivity contribution is -0.121. The highest BCUT2D eigenvalue weighted by atomic mass is 32.2. The molecule has 36 heavy (non-hydrogen) atoms. The molecule has 0 atom stereocenters. The summed E-state index contributed by atoms with van der Waals surface area (Å²) in [4.78, 5) is 27.3. The molecule has 2 amide bonds. The van der Waals surface area contributed by atoms with Crippen molar-refractivity contribution in [1.82, 2.24) is 4.31 Å². The molecule has 0 N–H and O–H groups in total. The van der Waals surface area contributed by atoms with Gasteiger partial charge in [0.25, 0.3) is 11.8 Å². The quantitative estimate of drug-likeness (QED) is 0.458. The van der Waals surface area contributed by atoms with Crippen LogP contribution in [0.5, 0.6) is 17.2 Å². The van der Waals surface area contributed by atoms with Crippen molar-refractivity contribution >= 4 is 27.5 Å². The smallest absolute Gasteiger partial charge is 0.267 e. The van der Waals surface area contributed by atoms with Gasteiger partial charge in [-0.1, -0.05) is 36.4 Å². The summed E-state index contributed by atoms with van der Waals surface area (Å²) in [5.74, 6) is 0.554. The van der Waals surface area contributed by atoms with Crippen molar-refractivity contribution in [1.29, 1.82) is 0 Å². The molecule has 1 heterocycles. The number of nitrogens with zero attached hydrogens (tertiary/aromatic N) is 2. The van der Waals surface area contributed by atoms with E-state index in [1.165, 1.54) is 14.2 Å². The molecule has 0 spiro atoms. The minimum absolute atomic E-state index is 0.0510. The second-order valence-electron chi connectivity index (χ2n) is 8.16. The van der Waals surface area contributed by atoms with Gasteiger partial charge in [0.05, 0.1) is 39.3 Å². The zero-order chi connectivity index (χ0) is 25.9. The lowest BCUT2D eigenvalue weighted by Crippen LogP contribution is -2.38. The van der Waals surface area contributed by atoms with Gasteiger partial charge >= 0.3 is 0 Å². The molecular weight excluding hydrogens is 484 g/mol. The van der Waals surface area contributed by atoms with Crippen LogP contribution in [-0.2, 0) is 27.9 Å². The number of amides is 2. The predicted molar refractivity (Wildman–Crippen MR) is 134 cm³/mol. The van der Waals surface area contributed by atoms with Gasteiger partial charge in [-0.15, -0.1) is 0 Å². The number of methoxy groups -OCH3 is 2. The Bertz CT molecular complexity index is 1390. The first-order valence-corrected chi connectivity index (χ1v) is 12.9. The minimum Gasteiger partial charge on any atom is -0.493 e. The van der Waals surface area contributed by atoms with Gasteiger partial charge in [0.15, 0.2) is 18.1 Å². The summed E-state index contributed by atoms with van der Waals surface area (Å²) < 4.78 is 42.1. The zero-order valence-corrected chi connectivity index (χ0v) is 20.9. The summed E-state index contributed by atoms with van der Waals surface area (Å²) in [5.41, 5.74) is 2.12. The normalized spacial score (nSPS) is 13.0. The monoisotopic (exact) mass is 510 g/mol. The molecule has 10 heteroatoms. The van der Waals surface area contributed by atoms with Crippen LogP contribution >= 0.6 is 0 Å². The molecule has 188 valence electrons. The van der Waals surface area contributed by atoms with Gasteiger partial charge in [-0.25, -0.2) is 12.7 Å². The zero-order valence-electron chi connectivity index (χ0n) is 20.1. The van der Waals surface area contributed by atoms with Gasteiger partial charge < -0.3 is 19.1 Å². The lowest BCUT2D eigenvalue weighted by Gasteiger charge is -2.29. The van der Waals surface area contributed by atoms with Crippen molar-refractivity contribution in [3.8, 4) is 17.2 Å². The highest BCUT2D eigenvalue weighted by molar-refractivity contribution is 7.88. The molecule has 0 aromatic heterocycles. The molecule has 1 aliphatic heterocycles. The number of fused-ring (bicyclic) bond motifs is 1. The fourth-order valence-electron chi connectivity index (χ4n) is 3.98.